The van der Waals surface area contributed by atoms with Gasteiger partial charge in [-0.05, 0) is 0 Å². The summed E-state index contributed by atoms with van der Waals surface area (Å²) in [4.78, 5) is 10.3. The SMILES string of the molecule is C=CCOCCNC(C)=O. The topological polar surface area (TPSA) is 38.3 Å². The highest BCUT2D eigenvalue weighted by Gasteiger charge is 1.87. The zero-order chi connectivity index (χ0) is 7.82. The number of hydrogen-bond donors (Lipinski definition) is 1. The number of rotatable bonds is 5. The Morgan fingerprint density at radius 1 is 1.80 bits per heavy atom. The van der Waals surface area contributed by atoms with Crippen LogP contribution in [0.3, 0.4) is 0 Å². The first-order valence-corrected chi connectivity index (χ1v) is 3.20. The van der Waals surface area contributed by atoms with Crippen molar-refractivity contribution in [1.29, 1.82) is 0 Å². The van der Waals surface area contributed by atoms with Gasteiger partial charge in [0.25, 0.3) is 0 Å². The summed E-state index contributed by atoms with van der Waals surface area (Å²) >= 11 is 0. The summed E-state index contributed by atoms with van der Waals surface area (Å²) in [5.74, 6) is -0.0257. The van der Waals surface area contributed by atoms with E-state index >= 15 is 0 Å². The van der Waals surface area contributed by atoms with Crippen LogP contribution in [0.2, 0.25) is 0 Å². The van der Waals surface area contributed by atoms with E-state index in [4.69, 9.17) is 4.74 Å². The molecule has 0 fully saturated rings. The molecule has 0 atom stereocenters. The van der Waals surface area contributed by atoms with Crippen LogP contribution < -0.4 is 5.32 Å². The molecular weight excluding hydrogens is 130 g/mol. The van der Waals surface area contributed by atoms with Gasteiger partial charge in [0.15, 0.2) is 0 Å². The third-order valence-electron chi connectivity index (χ3n) is 0.856. The minimum atomic E-state index is -0.0257. The molecule has 10 heavy (non-hydrogen) atoms. The van der Waals surface area contributed by atoms with Crippen LogP contribution in [0, 0.1) is 0 Å². The largest absolute Gasteiger partial charge is 0.376 e. The Labute approximate surface area is 61.1 Å². The van der Waals surface area contributed by atoms with Crippen LogP contribution in [0.1, 0.15) is 6.92 Å². The van der Waals surface area contributed by atoms with Gasteiger partial charge in [0, 0.05) is 13.5 Å². The van der Waals surface area contributed by atoms with E-state index in [1.165, 1.54) is 6.92 Å². The average Bonchev–Trinajstić information content (AvgIpc) is 1.87. The molecule has 58 valence electrons. The molecule has 1 amide bonds. The predicted molar refractivity (Wildman–Crippen MR) is 39.7 cm³/mol. The van der Waals surface area contributed by atoms with Gasteiger partial charge in [-0.15, -0.1) is 6.58 Å². The fourth-order valence-electron chi connectivity index (χ4n) is 0.466. The van der Waals surface area contributed by atoms with Crippen LogP contribution in [0.5, 0.6) is 0 Å². The standard InChI is InChI=1S/C7H13NO2/c1-3-5-10-6-4-8-7(2)9/h3H,1,4-6H2,2H3,(H,8,9). The Hall–Kier alpha value is -0.830. The molecule has 0 radical (unpaired) electrons. The van der Waals surface area contributed by atoms with Gasteiger partial charge in [0.1, 0.15) is 0 Å². The molecule has 0 heterocycles. The zero-order valence-electron chi connectivity index (χ0n) is 6.22. The van der Waals surface area contributed by atoms with E-state index < -0.39 is 0 Å². The van der Waals surface area contributed by atoms with E-state index in [0.717, 1.165) is 0 Å². The normalized spacial score (nSPS) is 8.90. The molecule has 3 nitrogen and oxygen atoms in total. The number of nitrogens with one attached hydrogen (secondary N) is 1. The van der Waals surface area contributed by atoms with E-state index in [9.17, 15) is 4.79 Å². The monoisotopic (exact) mass is 143 g/mol. The number of amides is 1. The number of ether oxygens (including phenoxy) is 1. The number of hydrogen-bond acceptors (Lipinski definition) is 2. The van der Waals surface area contributed by atoms with Gasteiger partial charge in [0.05, 0.1) is 13.2 Å². The lowest BCUT2D eigenvalue weighted by molar-refractivity contribution is -0.119. The fraction of sp³-hybridized carbons (Fsp3) is 0.571. The average molecular weight is 143 g/mol. The first-order chi connectivity index (χ1) is 4.77. The first-order valence-electron chi connectivity index (χ1n) is 3.20. The molecule has 0 spiro atoms. The molecule has 1 N–H and O–H groups in total. The summed E-state index contributed by atoms with van der Waals surface area (Å²) in [6.45, 7) is 6.62. The Balaban J connectivity index is 2.90. The molecule has 0 aromatic carbocycles. The zero-order valence-corrected chi connectivity index (χ0v) is 6.22. The van der Waals surface area contributed by atoms with Crippen molar-refractivity contribution in [2.45, 2.75) is 6.92 Å². The Kier molecular flexibility index (Phi) is 5.77. The predicted octanol–water partition coefficient (Wildman–Crippen LogP) is 0.325. The van der Waals surface area contributed by atoms with Crippen molar-refractivity contribution >= 4 is 5.91 Å². The van der Waals surface area contributed by atoms with Crippen LogP contribution in [-0.2, 0) is 9.53 Å². The molecule has 0 saturated heterocycles. The lowest BCUT2D eigenvalue weighted by atomic mass is 10.6. The van der Waals surface area contributed by atoms with Crippen LogP contribution in [0.25, 0.3) is 0 Å². The highest BCUT2D eigenvalue weighted by atomic mass is 16.5. The lowest BCUT2D eigenvalue weighted by Crippen LogP contribution is -2.24. The van der Waals surface area contributed by atoms with Crippen molar-refractivity contribution in [2.24, 2.45) is 0 Å². The summed E-state index contributed by atoms with van der Waals surface area (Å²) in [6, 6.07) is 0. The van der Waals surface area contributed by atoms with E-state index in [2.05, 4.69) is 11.9 Å². The first kappa shape index (κ1) is 9.17. The molecule has 0 aliphatic carbocycles. The summed E-state index contributed by atoms with van der Waals surface area (Å²) in [6.07, 6.45) is 1.67. The van der Waals surface area contributed by atoms with Gasteiger partial charge in [-0.2, -0.15) is 0 Å². The molecule has 3 heteroatoms. The van der Waals surface area contributed by atoms with E-state index in [1.807, 2.05) is 0 Å². The van der Waals surface area contributed by atoms with Gasteiger partial charge in [-0.1, -0.05) is 6.08 Å². The van der Waals surface area contributed by atoms with Crippen molar-refractivity contribution in [3.8, 4) is 0 Å². The van der Waals surface area contributed by atoms with Gasteiger partial charge in [-0.25, -0.2) is 0 Å². The molecule has 0 rings (SSSR count). The Bertz CT molecular complexity index is 112. The second kappa shape index (κ2) is 6.29. The van der Waals surface area contributed by atoms with E-state index in [-0.39, 0.29) is 5.91 Å². The Morgan fingerprint density at radius 3 is 3.00 bits per heavy atom. The molecule has 0 aliphatic rings. The molecule has 0 bridgehead atoms. The Morgan fingerprint density at radius 2 is 2.50 bits per heavy atom. The summed E-state index contributed by atoms with van der Waals surface area (Å²) in [7, 11) is 0. The third-order valence-corrected chi connectivity index (χ3v) is 0.856. The maximum absolute atomic E-state index is 10.3. The minimum Gasteiger partial charge on any atom is -0.376 e. The van der Waals surface area contributed by atoms with Crippen molar-refractivity contribution in [3.05, 3.63) is 12.7 Å². The maximum atomic E-state index is 10.3. The molecule has 0 aliphatic heterocycles. The van der Waals surface area contributed by atoms with Crippen LogP contribution in [-0.4, -0.2) is 25.7 Å². The molecule has 0 unspecified atom stereocenters. The highest BCUT2D eigenvalue weighted by Crippen LogP contribution is 1.72. The van der Waals surface area contributed by atoms with Gasteiger partial charge < -0.3 is 10.1 Å². The van der Waals surface area contributed by atoms with Crippen molar-refractivity contribution in [2.75, 3.05) is 19.8 Å². The van der Waals surface area contributed by atoms with E-state index in [1.54, 1.807) is 6.08 Å². The minimum absolute atomic E-state index is 0.0257. The van der Waals surface area contributed by atoms with Gasteiger partial charge in [-0.3, -0.25) is 4.79 Å². The lowest BCUT2D eigenvalue weighted by Gasteiger charge is -2.00. The molecule has 0 aromatic rings. The smallest absolute Gasteiger partial charge is 0.216 e. The van der Waals surface area contributed by atoms with Gasteiger partial charge >= 0.3 is 0 Å². The van der Waals surface area contributed by atoms with Crippen LogP contribution >= 0.6 is 0 Å². The van der Waals surface area contributed by atoms with Gasteiger partial charge in [0.2, 0.25) is 5.91 Å². The third kappa shape index (κ3) is 7.17. The summed E-state index contributed by atoms with van der Waals surface area (Å²) < 4.78 is 5.00. The highest BCUT2D eigenvalue weighted by molar-refractivity contribution is 5.72. The van der Waals surface area contributed by atoms with E-state index in [0.29, 0.717) is 19.8 Å². The second-order valence-electron chi connectivity index (χ2n) is 1.85. The number of carbonyl (C=O) groups is 1. The fourth-order valence-corrected chi connectivity index (χ4v) is 0.466. The van der Waals surface area contributed by atoms with Crippen LogP contribution in [0.4, 0.5) is 0 Å². The van der Waals surface area contributed by atoms with Crippen molar-refractivity contribution in [1.82, 2.24) is 5.32 Å². The maximum Gasteiger partial charge on any atom is 0.216 e. The summed E-state index contributed by atoms with van der Waals surface area (Å²) in [5.41, 5.74) is 0. The molecule has 0 aromatic heterocycles. The quantitative estimate of drug-likeness (QED) is 0.445. The summed E-state index contributed by atoms with van der Waals surface area (Å²) in [5, 5.41) is 2.61. The second-order valence-corrected chi connectivity index (χ2v) is 1.85. The molecular formula is C7H13NO2. The molecule has 0 saturated carbocycles. The van der Waals surface area contributed by atoms with Crippen molar-refractivity contribution < 1.29 is 9.53 Å². The number of carbonyl (C=O) groups excluding carboxylic acids is 1. The van der Waals surface area contributed by atoms with Crippen molar-refractivity contribution in [3.63, 3.8) is 0 Å². The van der Waals surface area contributed by atoms with Crippen LogP contribution in [0.15, 0.2) is 12.7 Å².